The van der Waals surface area contributed by atoms with E-state index in [1.165, 1.54) is 11.6 Å². The predicted molar refractivity (Wildman–Crippen MR) is 120 cm³/mol. The number of para-hydroxylation sites is 1. The van der Waals surface area contributed by atoms with Gasteiger partial charge in [0, 0.05) is 12.1 Å². The Morgan fingerprint density at radius 1 is 0.935 bits per heavy atom. The minimum absolute atomic E-state index is 0.0166. The van der Waals surface area contributed by atoms with E-state index >= 15 is 0 Å². The third-order valence-electron chi connectivity index (χ3n) is 4.51. The number of benzene rings is 3. The maximum atomic E-state index is 12.4. The van der Waals surface area contributed by atoms with Crippen LogP contribution < -0.4 is 14.8 Å². The molecule has 0 fully saturated rings. The Hall–Kier alpha value is -4.04. The van der Waals surface area contributed by atoms with Crippen LogP contribution in [0.5, 0.6) is 11.5 Å². The number of aryl methyl sites for hydroxylation is 1. The lowest BCUT2D eigenvalue weighted by atomic mass is 10.1. The highest BCUT2D eigenvalue weighted by Crippen LogP contribution is 2.21. The zero-order valence-electron chi connectivity index (χ0n) is 17.4. The maximum absolute atomic E-state index is 12.4. The fourth-order valence-electron chi connectivity index (χ4n) is 2.85. The zero-order chi connectivity index (χ0) is 21.9. The highest BCUT2D eigenvalue weighted by atomic mass is 16.5. The molecule has 5 heteroatoms. The largest absolute Gasteiger partial charge is 0.490 e. The summed E-state index contributed by atoms with van der Waals surface area (Å²) in [6.45, 7) is 3.09. The summed E-state index contributed by atoms with van der Waals surface area (Å²) in [5.74, 6) is 0.937. The van der Waals surface area contributed by atoms with Crippen molar-refractivity contribution in [3.05, 3.63) is 101 Å². The second-order valence-electron chi connectivity index (χ2n) is 6.89. The highest BCUT2D eigenvalue weighted by Gasteiger charge is 2.11. The Kier molecular flexibility index (Phi) is 7.84. The fraction of sp³-hybridized carbons (Fsp3) is 0.154. The number of nitrogens with zero attached hydrogens (tertiary/aromatic N) is 1. The van der Waals surface area contributed by atoms with Crippen LogP contribution in [0.15, 0.2) is 84.4 Å². The summed E-state index contributed by atoms with van der Waals surface area (Å²) in [6.07, 6.45) is 1.54. The average molecular weight is 412 g/mol. The van der Waals surface area contributed by atoms with E-state index < -0.39 is 5.91 Å². The predicted octanol–water partition coefficient (Wildman–Crippen LogP) is 4.68. The number of hydrogen-bond acceptors (Lipinski definition) is 4. The molecule has 0 aliphatic rings. The van der Waals surface area contributed by atoms with Crippen molar-refractivity contribution in [1.82, 2.24) is 5.32 Å². The Morgan fingerprint density at radius 3 is 2.35 bits per heavy atom. The van der Waals surface area contributed by atoms with E-state index in [1.807, 2.05) is 79.7 Å². The van der Waals surface area contributed by atoms with Crippen LogP contribution in [-0.4, -0.2) is 19.1 Å². The molecule has 0 heterocycles. The highest BCUT2D eigenvalue weighted by molar-refractivity contribution is 6.01. The smallest absolute Gasteiger partial charge is 0.262 e. The van der Waals surface area contributed by atoms with E-state index in [9.17, 15) is 10.1 Å². The van der Waals surface area contributed by atoms with E-state index in [-0.39, 0.29) is 5.57 Å². The van der Waals surface area contributed by atoms with Crippen molar-refractivity contribution in [3.8, 4) is 17.6 Å². The normalized spacial score (nSPS) is 10.8. The van der Waals surface area contributed by atoms with Gasteiger partial charge in [-0.25, -0.2) is 0 Å². The molecule has 156 valence electrons. The molecule has 31 heavy (non-hydrogen) atoms. The number of amides is 1. The van der Waals surface area contributed by atoms with Crippen LogP contribution in [0.4, 0.5) is 0 Å². The van der Waals surface area contributed by atoms with Gasteiger partial charge in [-0.3, -0.25) is 4.79 Å². The van der Waals surface area contributed by atoms with Crippen molar-refractivity contribution in [2.75, 3.05) is 13.2 Å². The summed E-state index contributed by atoms with van der Waals surface area (Å²) in [6, 6.07) is 26.6. The Bertz CT molecular complexity index is 1070. The standard InChI is InChI=1S/C26H24N2O3/c1-20-11-13-24(14-12-20)30-15-16-31-25-10-6-5-9-22(25)17-23(18-27)26(29)28-19-21-7-3-2-4-8-21/h2-14,17H,15-16,19H2,1H3,(H,28,29)/b23-17+. The SMILES string of the molecule is Cc1ccc(OCCOc2ccccc2/C=C(\C#N)C(=O)NCc2ccccc2)cc1. The summed E-state index contributed by atoms with van der Waals surface area (Å²) in [7, 11) is 0. The molecule has 1 N–H and O–H groups in total. The van der Waals surface area contributed by atoms with Gasteiger partial charge in [0.05, 0.1) is 0 Å². The van der Waals surface area contributed by atoms with Crippen LogP contribution in [0.2, 0.25) is 0 Å². The molecule has 0 atom stereocenters. The van der Waals surface area contributed by atoms with Gasteiger partial charge in [0.2, 0.25) is 0 Å². The second kappa shape index (κ2) is 11.2. The molecule has 1 amide bonds. The van der Waals surface area contributed by atoms with Gasteiger partial charge in [0.1, 0.15) is 36.4 Å². The Morgan fingerprint density at radius 2 is 1.61 bits per heavy atom. The lowest BCUT2D eigenvalue weighted by Crippen LogP contribution is -2.23. The van der Waals surface area contributed by atoms with Gasteiger partial charge >= 0.3 is 0 Å². The molecular weight excluding hydrogens is 388 g/mol. The minimum atomic E-state index is -0.427. The number of ether oxygens (including phenoxy) is 2. The molecule has 0 spiro atoms. The zero-order valence-corrected chi connectivity index (χ0v) is 17.4. The minimum Gasteiger partial charge on any atom is -0.490 e. The number of nitrogens with one attached hydrogen (secondary N) is 1. The van der Waals surface area contributed by atoms with Gasteiger partial charge in [-0.05, 0) is 36.8 Å². The summed E-state index contributed by atoms with van der Waals surface area (Å²) in [5, 5.41) is 12.2. The van der Waals surface area contributed by atoms with Crippen molar-refractivity contribution in [1.29, 1.82) is 5.26 Å². The Balaban J connectivity index is 1.59. The number of carbonyl (C=O) groups is 1. The van der Waals surface area contributed by atoms with Crippen molar-refractivity contribution < 1.29 is 14.3 Å². The van der Waals surface area contributed by atoms with E-state index in [2.05, 4.69) is 5.32 Å². The van der Waals surface area contributed by atoms with Crippen LogP contribution in [-0.2, 0) is 11.3 Å². The number of hydrogen-bond donors (Lipinski definition) is 1. The summed E-state index contributed by atoms with van der Waals surface area (Å²) in [5.41, 5.74) is 2.81. The van der Waals surface area contributed by atoms with Crippen molar-refractivity contribution >= 4 is 12.0 Å². The monoisotopic (exact) mass is 412 g/mol. The van der Waals surface area contributed by atoms with Crippen LogP contribution in [0.25, 0.3) is 6.08 Å². The molecule has 0 saturated heterocycles. The third-order valence-corrected chi connectivity index (χ3v) is 4.51. The lowest BCUT2D eigenvalue weighted by molar-refractivity contribution is -0.117. The van der Waals surface area contributed by atoms with Gasteiger partial charge in [-0.2, -0.15) is 5.26 Å². The topological polar surface area (TPSA) is 71.3 Å². The molecule has 0 bridgehead atoms. The maximum Gasteiger partial charge on any atom is 0.262 e. The number of rotatable bonds is 9. The summed E-state index contributed by atoms with van der Waals surface area (Å²) < 4.78 is 11.5. The molecule has 0 saturated carbocycles. The molecule has 0 aliphatic carbocycles. The van der Waals surface area contributed by atoms with Gasteiger partial charge in [-0.15, -0.1) is 0 Å². The van der Waals surface area contributed by atoms with E-state index in [4.69, 9.17) is 9.47 Å². The van der Waals surface area contributed by atoms with Gasteiger partial charge < -0.3 is 14.8 Å². The first-order valence-corrected chi connectivity index (χ1v) is 10.0. The van der Waals surface area contributed by atoms with E-state index in [0.29, 0.717) is 31.1 Å². The lowest BCUT2D eigenvalue weighted by Gasteiger charge is -2.11. The molecular formula is C26H24N2O3. The first kappa shape index (κ1) is 21.7. The molecule has 0 aromatic heterocycles. The van der Waals surface area contributed by atoms with Crippen molar-refractivity contribution in [2.24, 2.45) is 0 Å². The first-order valence-electron chi connectivity index (χ1n) is 10.0. The van der Waals surface area contributed by atoms with Crippen LogP contribution in [0, 0.1) is 18.3 Å². The molecule has 3 aromatic rings. The average Bonchev–Trinajstić information content (AvgIpc) is 2.81. The van der Waals surface area contributed by atoms with Gasteiger partial charge in [0.15, 0.2) is 0 Å². The van der Waals surface area contributed by atoms with Gasteiger partial charge in [-0.1, -0.05) is 66.2 Å². The third kappa shape index (κ3) is 6.76. The summed E-state index contributed by atoms with van der Waals surface area (Å²) >= 11 is 0. The molecule has 0 radical (unpaired) electrons. The molecule has 3 aromatic carbocycles. The molecule has 5 nitrogen and oxygen atoms in total. The number of nitriles is 1. The second-order valence-corrected chi connectivity index (χ2v) is 6.89. The number of carbonyl (C=O) groups excluding carboxylic acids is 1. The van der Waals surface area contributed by atoms with E-state index in [1.54, 1.807) is 12.1 Å². The van der Waals surface area contributed by atoms with E-state index in [0.717, 1.165) is 11.3 Å². The van der Waals surface area contributed by atoms with Gasteiger partial charge in [0.25, 0.3) is 5.91 Å². The van der Waals surface area contributed by atoms with Crippen molar-refractivity contribution in [2.45, 2.75) is 13.5 Å². The summed E-state index contributed by atoms with van der Waals surface area (Å²) in [4.78, 5) is 12.4. The molecule has 0 aliphatic heterocycles. The van der Waals surface area contributed by atoms with Crippen LogP contribution >= 0.6 is 0 Å². The quantitative estimate of drug-likeness (QED) is 0.315. The fourth-order valence-corrected chi connectivity index (χ4v) is 2.85. The van der Waals surface area contributed by atoms with Crippen LogP contribution in [0.1, 0.15) is 16.7 Å². The molecule has 3 rings (SSSR count). The van der Waals surface area contributed by atoms with Crippen LogP contribution in [0.3, 0.4) is 0 Å². The first-order chi connectivity index (χ1) is 15.2. The van der Waals surface area contributed by atoms with Crippen molar-refractivity contribution in [3.63, 3.8) is 0 Å². The molecule has 0 unspecified atom stereocenters. The Labute approximate surface area is 182 Å².